The van der Waals surface area contributed by atoms with E-state index in [-0.39, 0.29) is 24.1 Å². The smallest absolute Gasteiger partial charge is 0.307 e. The highest BCUT2D eigenvalue weighted by Crippen LogP contribution is 2.31. The fourth-order valence-corrected chi connectivity index (χ4v) is 2.90. The summed E-state index contributed by atoms with van der Waals surface area (Å²) < 4.78 is 2.26. The highest BCUT2D eigenvalue weighted by molar-refractivity contribution is 5.96. The van der Waals surface area contributed by atoms with Gasteiger partial charge in [0.05, 0.1) is 0 Å². The molecule has 0 unspecified atom stereocenters. The fourth-order valence-electron chi connectivity index (χ4n) is 2.90. The maximum absolute atomic E-state index is 12.6. The van der Waals surface area contributed by atoms with Gasteiger partial charge in [-0.25, -0.2) is 4.79 Å². The number of rotatable bonds is 2. The minimum Gasteiger partial charge on any atom is -0.307 e. The highest BCUT2D eigenvalue weighted by atomic mass is 16.2. The maximum Gasteiger partial charge on any atom is 0.331 e. The number of amides is 1. The summed E-state index contributed by atoms with van der Waals surface area (Å²) in [5.41, 5.74) is 1.17. The molecule has 0 spiro atoms. The predicted molar refractivity (Wildman–Crippen MR) is 83.0 cm³/mol. The molecule has 114 valence electrons. The second-order valence-electron chi connectivity index (χ2n) is 5.57. The van der Waals surface area contributed by atoms with Gasteiger partial charge in [0.25, 0.3) is 5.56 Å². The van der Waals surface area contributed by atoms with Gasteiger partial charge >= 0.3 is 5.69 Å². The van der Waals surface area contributed by atoms with Crippen molar-refractivity contribution in [1.29, 1.82) is 0 Å². The molecule has 0 saturated heterocycles. The third-order valence-corrected chi connectivity index (χ3v) is 4.04. The summed E-state index contributed by atoms with van der Waals surface area (Å²) in [6.07, 6.45) is 2.18. The number of benzene rings is 1. The van der Waals surface area contributed by atoms with Crippen LogP contribution in [-0.2, 0) is 24.8 Å². The Hall–Kier alpha value is -2.63. The molecule has 3 rings (SSSR count). The Balaban J connectivity index is 1.92. The molecule has 1 amide bonds. The van der Waals surface area contributed by atoms with Gasteiger partial charge in [-0.1, -0.05) is 18.2 Å². The Morgan fingerprint density at radius 1 is 1.23 bits per heavy atom. The van der Waals surface area contributed by atoms with Crippen LogP contribution in [0.3, 0.4) is 0 Å². The van der Waals surface area contributed by atoms with Crippen LogP contribution >= 0.6 is 0 Å². The number of aromatic nitrogens is 2. The molecule has 0 bridgehead atoms. The van der Waals surface area contributed by atoms with Crippen LogP contribution in [0.15, 0.2) is 46.1 Å². The van der Waals surface area contributed by atoms with Crippen molar-refractivity contribution in [2.45, 2.75) is 25.9 Å². The van der Waals surface area contributed by atoms with Crippen LogP contribution in [0, 0.1) is 0 Å². The summed E-state index contributed by atoms with van der Waals surface area (Å²) in [7, 11) is 1.40. The molecule has 6 heteroatoms. The number of nitrogens with zero attached hydrogens (tertiary/aromatic N) is 3. The number of carbonyl (C=O) groups excluding carboxylic acids is 1. The minimum absolute atomic E-state index is 0.0631. The van der Waals surface area contributed by atoms with E-state index in [4.69, 9.17) is 0 Å². The molecule has 0 N–H and O–H groups in total. The predicted octanol–water partition coefficient (Wildman–Crippen LogP) is 0.525. The van der Waals surface area contributed by atoms with Crippen molar-refractivity contribution in [3.8, 4) is 0 Å². The molecular weight excluding hydrogens is 282 g/mol. The van der Waals surface area contributed by atoms with Crippen LogP contribution in [0.4, 0.5) is 5.69 Å². The molecule has 0 aliphatic carbocycles. The number of para-hydroxylation sites is 1. The average molecular weight is 299 g/mol. The van der Waals surface area contributed by atoms with Crippen molar-refractivity contribution >= 4 is 11.6 Å². The topological polar surface area (TPSA) is 64.3 Å². The first kappa shape index (κ1) is 14.3. The minimum atomic E-state index is -0.485. The highest BCUT2D eigenvalue weighted by Gasteiger charge is 2.30. The second kappa shape index (κ2) is 5.29. The van der Waals surface area contributed by atoms with Crippen LogP contribution in [0.25, 0.3) is 0 Å². The van der Waals surface area contributed by atoms with Crippen LogP contribution in [-0.4, -0.2) is 21.1 Å². The van der Waals surface area contributed by atoms with Crippen LogP contribution in [0.5, 0.6) is 0 Å². The molecule has 0 radical (unpaired) electrons. The number of fused-ring (bicyclic) bond motifs is 1. The monoisotopic (exact) mass is 299 g/mol. The Kier molecular flexibility index (Phi) is 3.44. The summed E-state index contributed by atoms with van der Waals surface area (Å²) >= 11 is 0. The van der Waals surface area contributed by atoms with E-state index in [0.717, 1.165) is 22.2 Å². The Morgan fingerprint density at radius 3 is 2.73 bits per heavy atom. The van der Waals surface area contributed by atoms with E-state index in [0.29, 0.717) is 0 Å². The van der Waals surface area contributed by atoms with E-state index in [1.54, 1.807) is 4.90 Å². The molecule has 1 aliphatic rings. The molecule has 1 atom stereocenters. The SMILES string of the molecule is C[C@H]1Cc2ccccc2N1C(=O)Cn1ccc(=O)n(C)c1=O. The second-order valence-corrected chi connectivity index (χ2v) is 5.57. The molecule has 22 heavy (non-hydrogen) atoms. The largest absolute Gasteiger partial charge is 0.331 e. The van der Waals surface area contributed by atoms with Gasteiger partial charge in [-0.15, -0.1) is 0 Å². The van der Waals surface area contributed by atoms with E-state index < -0.39 is 5.69 Å². The summed E-state index contributed by atoms with van der Waals surface area (Å²) in [5.74, 6) is -0.154. The lowest BCUT2D eigenvalue weighted by Crippen LogP contribution is -2.43. The lowest BCUT2D eigenvalue weighted by atomic mass is 10.1. The summed E-state index contributed by atoms with van der Waals surface area (Å²) in [5, 5.41) is 0. The molecule has 0 fully saturated rings. The first-order valence-electron chi connectivity index (χ1n) is 7.15. The number of hydrogen-bond donors (Lipinski definition) is 0. The lowest BCUT2D eigenvalue weighted by Gasteiger charge is -2.23. The third kappa shape index (κ3) is 2.26. The summed E-state index contributed by atoms with van der Waals surface area (Å²) in [6, 6.07) is 9.13. The number of anilines is 1. The summed E-state index contributed by atoms with van der Waals surface area (Å²) in [4.78, 5) is 37.8. The van der Waals surface area contributed by atoms with Crippen LogP contribution in [0.1, 0.15) is 12.5 Å². The first-order valence-corrected chi connectivity index (χ1v) is 7.15. The lowest BCUT2D eigenvalue weighted by molar-refractivity contribution is -0.119. The van der Waals surface area contributed by atoms with Crippen LogP contribution < -0.4 is 16.1 Å². The van der Waals surface area contributed by atoms with Gasteiger partial charge in [0, 0.05) is 31.0 Å². The average Bonchev–Trinajstić information content (AvgIpc) is 2.83. The molecular formula is C16H17N3O3. The Bertz CT molecular complexity index is 850. The van der Waals surface area contributed by atoms with Crippen molar-refractivity contribution in [2.24, 2.45) is 7.05 Å². The van der Waals surface area contributed by atoms with E-state index >= 15 is 0 Å². The van der Waals surface area contributed by atoms with E-state index in [2.05, 4.69) is 0 Å². The third-order valence-electron chi connectivity index (χ3n) is 4.04. The van der Waals surface area contributed by atoms with Crippen molar-refractivity contribution in [3.63, 3.8) is 0 Å². The van der Waals surface area contributed by atoms with Gasteiger partial charge in [0.15, 0.2) is 0 Å². The molecule has 2 aromatic rings. The molecule has 1 aliphatic heterocycles. The maximum atomic E-state index is 12.6. The van der Waals surface area contributed by atoms with Crippen molar-refractivity contribution in [2.75, 3.05) is 4.90 Å². The first-order chi connectivity index (χ1) is 10.5. The number of hydrogen-bond acceptors (Lipinski definition) is 3. The molecule has 2 heterocycles. The zero-order chi connectivity index (χ0) is 15.9. The van der Waals surface area contributed by atoms with E-state index in [1.807, 2.05) is 31.2 Å². The van der Waals surface area contributed by atoms with Crippen molar-refractivity contribution < 1.29 is 4.79 Å². The van der Waals surface area contributed by atoms with E-state index in [1.165, 1.54) is 23.9 Å². The fraction of sp³-hybridized carbons (Fsp3) is 0.312. The van der Waals surface area contributed by atoms with Gasteiger partial charge in [-0.2, -0.15) is 0 Å². The van der Waals surface area contributed by atoms with Gasteiger partial charge in [0.2, 0.25) is 5.91 Å². The molecule has 1 aromatic carbocycles. The Labute approximate surface area is 127 Å². The van der Waals surface area contributed by atoms with Gasteiger partial charge in [-0.3, -0.25) is 18.7 Å². The van der Waals surface area contributed by atoms with Crippen molar-refractivity contribution in [1.82, 2.24) is 9.13 Å². The van der Waals surface area contributed by atoms with Crippen LogP contribution in [0.2, 0.25) is 0 Å². The van der Waals surface area contributed by atoms with Gasteiger partial charge < -0.3 is 4.90 Å². The van der Waals surface area contributed by atoms with E-state index in [9.17, 15) is 14.4 Å². The number of carbonyl (C=O) groups is 1. The Morgan fingerprint density at radius 2 is 1.95 bits per heavy atom. The van der Waals surface area contributed by atoms with Crippen molar-refractivity contribution in [3.05, 3.63) is 62.9 Å². The molecule has 6 nitrogen and oxygen atoms in total. The summed E-state index contributed by atoms with van der Waals surface area (Å²) in [6.45, 7) is 1.91. The normalized spacial score (nSPS) is 16.6. The molecule has 1 aromatic heterocycles. The van der Waals surface area contributed by atoms with Gasteiger partial charge in [0.1, 0.15) is 6.54 Å². The standard InChI is InChI=1S/C16H17N3O3/c1-11-9-12-5-3-4-6-13(12)19(11)15(21)10-18-8-7-14(20)17(2)16(18)22/h3-8,11H,9-10H2,1-2H3/t11-/m0/s1. The zero-order valence-corrected chi connectivity index (χ0v) is 12.5. The zero-order valence-electron chi connectivity index (χ0n) is 12.5. The quantitative estimate of drug-likeness (QED) is 0.812. The molecule has 0 saturated carbocycles. The van der Waals surface area contributed by atoms with Gasteiger partial charge in [-0.05, 0) is 25.0 Å².